The summed E-state index contributed by atoms with van der Waals surface area (Å²) in [6, 6.07) is 0. The molecule has 0 saturated carbocycles. The first-order valence-corrected chi connectivity index (χ1v) is 34.8. The molecule has 0 radical (unpaired) electrons. The SMILES string of the molecule is CC/C=C\C/C=C\C/C=C\C/C=C\C/C=C\CCCC(=O)OCC(COC(=O)CCCCCCCCCCCCCCCCCCCCCCCCCC)OC(=O)CCCCCCCCCCCCCCCCCCCCCC. The molecular weight excluding hydrogens is 973 g/mol. The first kappa shape index (κ1) is 76.1. The molecule has 0 fully saturated rings. The molecule has 0 N–H and O–H groups in total. The molecule has 0 aromatic carbocycles. The van der Waals surface area contributed by atoms with Gasteiger partial charge in [0.05, 0.1) is 0 Å². The van der Waals surface area contributed by atoms with Crippen LogP contribution in [0.5, 0.6) is 0 Å². The van der Waals surface area contributed by atoms with Gasteiger partial charge in [-0.25, -0.2) is 0 Å². The third-order valence-corrected chi connectivity index (χ3v) is 15.5. The van der Waals surface area contributed by atoms with Gasteiger partial charge in [0.15, 0.2) is 6.10 Å². The smallest absolute Gasteiger partial charge is 0.306 e. The average Bonchev–Trinajstić information content (AvgIpc) is 3.45. The Hall–Kier alpha value is -2.89. The molecule has 1 atom stereocenters. The van der Waals surface area contributed by atoms with E-state index in [1.807, 2.05) is 0 Å². The summed E-state index contributed by atoms with van der Waals surface area (Å²) in [6.45, 7) is 6.55. The van der Waals surface area contributed by atoms with Crippen LogP contribution in [0.25, 0.3) is 0 Å². The van der Waals surface area contributed by atoms with Crippen LogP contribution in [0, 0.1) is 0 Å². The highest BCUT2D eigenvalue weighted by molar-refractivity contribution is 5.71. The Morgan fingerprint density at radius 3 is 0.772 bits per heavy atom. The highest BCUT2D eigenvalue weighted by atomic mass is 16.6. The summed E-state index contributed by atoms with van der Waals surface area (Å²) in [5.74, 6) is -0.922. The largest absolute Gasteiger partial charge is 0.462 e. The topological polar surface area (TPSA) is 78.9 Å². The van der Waals surface area contributed by atoms with Gasteiger partial charge in [-0.05, 0) is 57.8 Å². The predicted octanol–water partition coefficient (Wildman–Crippen LogP) is 23.9. The fourth-order valence-corrected chi connectivity index (χ4v) is 10.4. The lowest BCUT2D eigenvalue weighted by atomic mass is 10.0. The zero-order chi connectivity index (χ0) is 57.1. The number of hydrogen-bond acceptors (Lipinski definition) is 6. The zero-order valence-electron chi connectivity index (χ0n) is 52.9. The van der Waals surface area contributed by atoms with Gasteiger partial charge in [0.1, 0.15) is 13.2 Å². The number of unbranched alkanes of at least 4 members (excludes halogenated alkanes) is 43. The van der Waals surface area contributed by atoms with Crippen molar-refractivity contribution in [2.75, 3.05) is 13.2 Å². The molecule has 0 spiro atoms. The minimum absolute atomic E-state index is 0.0868. The molecule has 0 aliphatic rings. The van der Waals surface area contributed by atoms with Crippen molar-refractivity contribution < 1.29 is 28.6 Å². The first-order chi connectivity index (χ1) is 39.0. The molecule has 0 saturated heterocycles. The number of esters is 3. The molecule has 79 heavy (non-hydrogen) atoms. The van der Waals surface area contributed by atoms with Gasteiger partial charge in [-0.3, -0.25) is 14.4 Å². The van der Waals surface area contributed by atoms with E-state index in [1.165, 1.54) is 244 Å². The summed E-state index contributed by atoms with van der Waals surface area (Å²) < 4.78 is 16.9. The summed E-state index contributed by atoms with van der Waals surface area (Å²) in [5, 5.41) is 0. The maximum Gasteiger partial charge on any atom is 0.306 e. The Morgan fingerprint density at radius 2 is 0.494 bits per heavy atom. The van der Waals surface area contributed by atoms with Crippen LogP contribution in [0.1, 0.15) is 367 Å². The van der Waals surface area contributed by atoms with E-state index < -0.39 is 6.10 Å². The van der Waals surface area contributed by atoms with E-state index in [0.29, 0.717) is 19.3 Å². The molecule has 0 aliphatic carbocycles. The molecule has 6 nitrogen and oxygen atoms in total. The van der Waals surface area contributed by atoms with Gasteiger partial charge in [0, 0.05) is 19.3 Å². The number of rotatable bonds is 64. The van der Waals surface area contributed by atoms with Gasteiger partial charge < -0.3 is 14.2 Å². The summed E-state index contributed by atoms with van der Waals surface area (Å²) >= 11 is 0. The quantitative estimate of drug-likeness (QED) is 0.0261. The predicted molar refractivity (Wildman–Crippen MR) is 344 cm³/mol. The van der Waals surface area contributed by atoms with Gasteiger partial charge in [0.25, 0.3) is 0 Å². The van der Waals surface area contributed by atoms with Crippen LogP contribution in [-0.4, -0.2) is 37.2 Å². The average molecular weight is 1110 g/mol. The van der Waals surface area contributed by atoms with E-state index in [1.54, 1.807) is 0 Å². The zero-order valence-corrected chi connectivity index (χ0v) is 52.9. The van der Waals surface area contributed by atoms with Gasteiger partial charge in [-0.2, -0.15) is 0 Å². The molecule has 0 bridgehead atoms. The van der Waals surface area contributed by atoms with Crippen molar-refractivity contribution in [3.63, 3.8) is 0 Å². The lowest BCUT2D eigenvalue weighted by Gasteiger charge is -2.18. The third-order valence-electron chi connectivity index (χ3n) is 15.5. The lowest BCUT2D eigenvalue weighted by Crippen LogP contribution is -2.30. The minimum Gasteiger partial charge on any atom is -0.462 e. The molecule has 460 valence electrons. The highest BCUT2D eigenvalue weighted by Gasteiger charge is 2.19. The molecular formula is C73H132O6. The van der Waals surface area contributed by atoms with Gasteiger partial charge in [-0.15, -0.1) is 0 Å². The Bertz CT molecular complexity index is 1410. The van der Waals surface area contributed by atoms with E-state index in [0.717, 1.165) is 77.0 Å². The molecule has 0 heterocycles. The van der Waals surface area contributed by atoms with Crippen molar-refractivity contribution in [1.82, 2.24) is 0 Å². The summed E-state index contributed by atoms with van der Waals surface area (Å²) in [5.41, 5.74) is 0. The van der Waals surface area contributed by atoms with Gasteiger partial charge >= 0.3 is 17.9 Å². The third kappa shape index (κ3) is 65.8. The van der Waals surface area contributed by atoms with Crippen molar-refractivity contribution in [1.29, 1.82) is 0 Å². The second-order valence-electron chi connectivity index (χ2n) is 23.4. The highest BCUT2D eigenvalue weighted by Crippen LogP contribution is 2.18. The van der Waals surface area contributed by atoms with Crippen LogP contribution in [0.15, 0.2) is 60.8 Å². The van der Waals surface area contributed by atoms with E-state index in [2.05, 4.69) is 81.5 Å². The van der Waals surface area contributed by atoms with Gasteiger partial charge in [0.2, 0.25) is 0 Å². The maximum absolute atomic E-state index is 12.9. The number of allylic oxidation sites excluding steroid dienone is 10. The summed E-state index contributed by atoms with van der Waals surface area (Å²) in [6.07, 6.45) is 86.9. The van der Waals surface area contributed by atoms with Crippen molar-refractivity contribution in [3.8, 4) is 0 Å². The monoisotopic (exact) mass is 1110 g/mol. The fraction of sp³-hybridized carbons (Fsp3) is 0.822. The number of carbonyl (C=O) groups is 3. The van der Waals surface area contributed by atoms with Crippen LogP contribution in [0.3, 0.4) is 0 Å². The van der Waals surface area contributed by atoms with Crippen molar-refractivity contribution in [2.45, 2.75) is 374 Å². The normalized spacial score (nSPS) is 12.4. The van der Waals surface area contributed by atoms with E-state index in [4.69, 9.17) is 14.2 Å². The van der Waals surface area contributed by atoms with Crippen molar-refractivity contribution in [3.05, 3.63) is 60.8 Å². The fourth-order valence-electron chi connectivity index (χ4n) is 10.4. The number of carbonyl (C=O) groups excluding carboxylic acids is 3. The Labute approximate surface area is 491 Å². The van der Waals surface area contributed by atoms with E-state index in [-0.39, 0.29) is 37.5 Å². The standard InChI is InChI=1S/C73H132O6/c1-4-7-10-13-16-19-22-25-28-31-33-35-36-37-38-40-42-45-48-51-54-57-60-63-66-72(75)78-69-70(68-77-71(74)65-62-59-56-53-50-47-44-41-30-27-24-21-18-15-12-9-6-3)79-73(76)67-64-61-58-55-52-49-46-43-39-34-32-29-26-23-20-17-14-11-8-5-2/h9,12,18,21,27,30,44,47,53,56,70H,4-8,10-11,13-17,19-20,22-26,28-29,31-43,45-46,48-52,54-55,57-69H2,1-3H3/b12-9-,21-18-,30-27-,47-44-,56-53-. The second kappa shape index (κ2) is 67.6. The van der Waals surface area contributed by atoms with Gasteiger partial charge in [-0.1, -0.05) is 351 Å². The molecule has 0 aliphatic heterocycles. The molecule has 0 amide bonds. The lowest BCUT2D eigenvalue weighted by molar-refractivity contribution is -0.167. The second-order valence-corrected chi connectivity index (χ2v) is 23.4. The number of hydrogen-bond donors (Lipinski definition) is 0. The minimum atomic E-state index is -0.796. The number of ether oxygens (including phenoxy) is 3. The Balaban J connectivity index is 4.34. The molecule has 0 aromatic heterocycles. The maximum atomic E-state index is 12.9. The Morgan fingerprint density at radius 1 is 0.266 bits per heavy atom. The first-order valence-electron chi connectivity index (χ1n) is 34.8. The van der Waals surface area contributed by atoms with Crippen LogP contribution in [0.4, 0.5) is 0 Å². The summed E-state index contributed by atoms with van der Waals surface area (Å²) in [7, 11) is 0. The van der Waals surface area contributed by atoms with Crippen molar-refractivity contribution in [2.24, 2.45) is 0 Å². The van der Waals surface area contributed by atoms with Crippen molar-refractivity contribution >= 4 is 17.9 Å². The van der Waals surface area contributed by atoms with Crippen LogP contribution >= 0.6 is 0 Å². The molecule has 1 unspecified atom stereocenters. The molecule has 6 heteroatoms. The van der Waals surface area contributed by atoms with Crippen LogP contribution in [0.2, 0.25) is 0 Å². The Kier molecular flexibility index (Phi) is 65.1. The summed E-state index contributed by atoms with van der Waals surface area (Å²) in [4.78, 5) is 38.4. The van der Waals surface area contributed by atoms with E-state index >= 15 is 0 Å². The molecule has 0 aromatic rings. The van der Waals surface area contributed by atoms with E-state index in [9.17, 15) is 14.4 Å². The van der Waals surface area contributed by atoms with Crippen LogP contribution < -0.4 is 0 Å². The molecule has 0 rings (SSSR count). The van der Waals surface area contributed by atoms with Crippen LogP contribution in [-0.2, 0) is 28.6 Å².